The van der Waals surface area contributed by atoms with Crippen LogP contribution in [0.15, 0.2) is 52.3 Å². The average molecular weight is 503 g/mol. The van der Waals surface area contributed by atoms with Crippen LogP contribution < -0.4 is 16.6 Å². The molecule has 10 heteroatoms. The lowest BCUT2D eigenvalue weighted by molar-refractivity contribution is 0.00222. The van der Waals surface area contributed by atoms with Crippen molar-refractivity contribution in [3.8, 4) is 11.1 Å². The van der Waals surface area contributed by atoms with Crippen molar-refractivity contribution >= 4 is 38.8 Å². The van der Waals surface area contributed by atoms with Gasteiger partial charge in [0.2, 0.25) is 0 Å². The lowest BCUT2D eigenvalue weighted by Gasteiger charge is -2.22. The normalized spacial score (nSPS) is 13.6. The van der Waals surface area contributed by atoms with E-state index in [0.717, 1.165) is 79.6 Å². The molecule has 0 saturated heterocycles. The van der Waals surface area contributed by atoms with E-state index in [2.05, 4.69) is 10.3 Å². The Morgan fingerprint density at radius 3 is 2.82 bits per heavy atom. The van der Waals surface area contributed by atoms with Gasteiger partial charge in [0.25, 0.3) is 11.5 Å². The second kappa shape index (κ2) is 8.63. The van der Waals surface area contributed by atoms with Crippen molar-refractivity contribution in [1.82, 2.24) is 14.1 Å². The zero-order valence-electron chi connectivity index (χ0n) is 18.3. The standard InChI is InChI=1S/C24H21ClF2N4O2S/c1-24(26,27)13-30-8-5-20(32)31(23(30)33)12-16-11-19-22(34-16)17(4-7-28-19)18-10-15(25)9-14-3-2-6-29-21(14)18/h4-5,7-11,29H,2-3,6,12-13H2,1H3. The Balaban J connectivity index is 1.58. The summed E-state index contributed by atoms with van der Waals surface area (Å²) in [5, 5.41) is 4.14. The van der Waals surface area contributed by atoms with Gasteiger partial charge in [0.15, 0.2) is 0 Å². The number of hydrogen-bond donors (Lipinski definition) is 1. The van der Waals surface area contributed by atoms with E-state index in [4.69, 9.17) is 11.6 Å². The van der Waals surface area contributed by atoms with E-state index in [1.165, 1.54) is 16.9 Å². The van der Waals surface area contributed by atoms with Crippen molar-refractivity contribution in [3.05, 3.63) is 79.0 Å². The highest BCUT2D eigenvalue weighted by Gasteiger charge is 2.23. The summed E-state index contributed by atoms with van der Waals surface area (Å²) in [6.07, 6.45) is 4.81. The Labute approximate surface area is 202 Å². The average Bonchev–Trinajstić information content (AvgIpc) is 3.20. The van der Waals surface area contributed by atoms with E-state index in [1.807, 2.05) is 24.3 Å². The number of hydrogen-bond acceptors (Lipinski definition) is 5. The van der Waals surface area contributed by atoms with Gasteiger partial charge >= 0.3 is 5.69 Å². The fourth-order valence-electron chi connectivity index (χ4n) is 4.33. The number of halogens is 3. The molecule has 4 heterocycles. The summed E-state index contributed by atoms with van der Waals surface area (Å²) < 4.78 is 29.7. The Hall–Kier alpha value is -3.04. The molecule has 34 heavy (non-hydrogen) atoms. The first-order valence-corrected chi connectivity index (χ1v) is 12.0. The number of thiophene rings is 1. The van der Waals surface area contributed by atoms with Gasteiger partial charge in [-0.3, -0.25) is 18.9 Å². The first kappa shape index (κ1) is 22.7. The molecule has 0 bridgehead atoms. The number of nitrogens with zero attached hydrogens (tertiary/aromatic N) is 3. The number of pyridine rings is 1. The summed E-state index contributed by atoms with van der Waals surface area (Å²) in [5.41, 5.74) is 3.57. The molecule has 0 saturated carbocycles. The van der Waals surface area contributed by atoms with Crippen LogP contribution in [0.3, 0.4) is 0 Å². The third kappa shape index (κ3) is 4.37. The molecule has 0 spiro atoms. The Morgan fingerprint density at radius 2 is 2.03 bits per heavy atom. The maximum Gasteiger partial charge on any atom is 0.331 e. The lowest BCUT2D eigenvalue weighted by atomic mass is 9.95. The minimum absolute atomic E-state index is 0.0276. The monoisotopic (exact) mass is 502 g/mol. The summed E-state index contributed by atoms with van der Waals surface area (Å²) >= 11 is 7.84. The summed E-state index contributed by atoms with van der Waals surface area (Å²) in [7, 11) is 0. The zero-order chi connectivity index (χ0) is 24.0. The van der Waals surface area contributed by atoms with Crippen molar-refractivity contribution < 1.29 is 8.78 Å². The molecule has 4 aromatic rings. The molecule has 1 aliphatic heterocycles. The molecule has 6 nitrogen and oxygen atoms in total. The van der Waals surface area contributed by atoms with Crippen LogP contribution in [-0.4, -0.2) is 26.6 Å². The van der Waals surface area contributed by atoms with Crippen LogP contribution in [0, 0.1) is 0 Å². The molecular formula is C24H21ClF2N4O2S. The number of anilines is 1. The molecule has 0 radical (unpaired) electrons. The SMILES string of the molecule is CC(F)(F)Cn1ccc(=O)n(Cc2cc3nccc(-c4cc(Cl)cc5c4NCCC5)c3s2)c1=O. The molecule has 3 aromatic heterocycles. The third-order valence-corrected chi connectivity index (χ3v) is 7.12. The molecular weight excluding hydrogens is 482 g/mol. The fraction of sp³-hybridized carbons (Fsp3) is 0.292. The van der Waals surface area contributed by atoms with Crippen molar-refractivity contribution in [1.29, 1.82) is 0 Å². The van der Waals surface area contributed by atoms with Crippen LogP contribution in [0.5, 0.6) is 0 Å². The molecule has 1 aromatic carbocycles. The number of fused-ring (bicyclic) bond motifs is 2. The maximum atomic E-state index is 13.5. The predicted molar refractivity (Wildman–Crippen MR) is 132 cm³/mol. The van der Waals surface area contributed by atoms with Crippen LogP contribution in [0.1, 0.15) is 23.8 Å². The topological polar surface area (TPSA) is 68.9 Å². The second-order valence-electron chi connectivity index (χ2n) is 8.52. The second-order valence-corrected chi connectivity index (χ2v) is 10.1. The molecule has 0 aliphatic carbocycles. The van der Waals surface area contributed by atoms with Crippen molar-refractivity contribution in [2.24, 2.45) is 0 Å². The van der Waals surface area contributed by atoms with Gasteiger partial charge in [0.05, 0.1) is 23.3 Å². The van der Waals surface area contributed by atoms with Crippen molar-refractivity contribution in [3.63, 3.8) is 0 Å². The molecule has 176 valence electrons. The highest BCUT2D eigenvalue weighted by Crippen LogP contribution is 2.41. The third-order valence-electron chi connectivity index (χ3n) is 5.76. The molecule has 5 rings (SSSR count). The van der Waals surface area contributed by atoms with Gasteiger partial charge in [-0.2, -0.15) is 0 Å². The molecule has 0 atom stereocenters. The predicted octanol–water partition coefficient (Wildman–Crippen LogP) is 5.00. The highest BCUT2D eigenvalue weighted by molar-refractivity contribution is 7.19. The number of alkyl halides is 2. The first-order valence-electron chi connectivity index (χ1n) is 10.8. The van der Waals surface area contributed by atoms with Gasteiger partial charge < -0.3 is 5.32 Å². The summed E-state index contributed by atoms with van der Waals surface area (Å²) in [6, 6.07) is 8.80. The van der Waals surface area contributed by atoms with Gasteiger partial charge in [-0.15, -0.1) is 11.3 Å². The van der Waals surface area contributed by atoms with Gasteiger partial charge in [0, 0.05) is 58.6 Å². The number of aryl methyl sites for hydroxylation is 1. The summed E-state index contributed by atoms with van der Waals surface area (Å²) in [4.78, 5) is 30.3. The van der Waals surface area contributed by atoms with E-state index in [-0.39, 0.29) is 6.54 Å². The molecule has 0 fully saturated rings. The summed E-state index contributed by atoms with van der Waals surface area (Å²) in [5.74, 6) is -3.08. The van der Waals surface area contributed by atoms with Crippen molar-refractivity contribution in [2.75, 3.05) is 11.9 Å². The van der Waals surface area contributed by atoms with Gasteiger partial charge in [-0.05, 0) is 42.7 Å². The first-order chi connectivity index (χ1) is 16.2. The fourth-order valence-corrected chi connectivity index (χ4v) is 5.70. The zero-order valence-corrected chi connectivity index (χ0v) is 19.8. The van der Waals surface area contributed by atoms with Gasteiger partial charge in [0.1, 0.15) is 0 Å². The van der Waals surface area contributed by atoms with Crippen LogP contribution in [0.2, 0.25) is 5.02 Å². The van der Waals surface area contributed by atoms with E-state index in [0.29, 0.717) is 5.02 Å². The number of benzene rings is 1. The number of nitrogens with one attached hydrogen (secondary N) is 1. The number of aromatic nitrogens is 3. The van der Waals surface area contributed by atoms with E-state index in [1.54, 1.807) is 6.20 Å². The van der Waals surface area contributed by atoms with Crippen LogP contribution in [0.25, 0.3) is 21.3 Å². The Kier molecular flexibility index (Phi) is 5.77. The molecule has 0 unspecified atom stereocenters. The minimum Gasteiger partial charge on any atom is -0.384 e. The van der Waals surface area contributed by atoms with E-state index in [9.17, 15) is 18.4 Å². The largest absolute Gasteiger partial charge is 0.384 e. The van der Waals surface area contributed by atoms with Gasteiger partial charge in [-0.25, -0.2) is 13.6 Å². The quantitative estimate of drug-likeness (QED) is 0.417. The summed E-state index contributed by atoms with van der Waals surface area (Å²) in [6.45, 7) is 0.792. The number of rotatable bonds is 5. The van der Waals surface area contributed by atoms with Crippen LogP contribution in [0.4, 0.5) is 14.5 Å². The van der Waals surface area contributed by atoms with Crippen LogP contribution >= 0.6 is 22.9 Å². The Morgan fingerprint density at radius 1 is 1.21 bits per heavy atom. The minimum atomic E-state index is -3.08. The van der Waals surface area contributed by atoms with E-state index >= 15 is 0 Å². The Bertz CT molecular complexity index is 1520. The van der Waals surface area contributed by atoms with Gasteiger partial charge in [-0.1, -0.05) is 11.6 Å². The highest BCUT2D eigenvalue weighted by atomic mass is 35.5. The van der Waals surface area contributed by atoms with Crippen molar-refractivity contribution in [2.45, 2.75) is 38.8 Å². The van der Waals surface area contributed by atoms with E-state index < -0.39 is 23.7 Å². The molecule has 0 amide bonds. The lowest BCUT2D eigenvalue weighted by Crippen LogP contribution is -2.41. The molecule has 1 N–H and O–H groups in total. The molecule has 1 aliphatic rings. The smallest absolute Gasteiger partial charge is 0.331 e. The maximum absolute atomic E-state index is 13.5. The van der Waals surface area contributed by atoms with Crippen LogP contribution in [-0.2, 0) is 19.5 Å².